The van der Waals surface area contributed by atoms with Crippen molar-refractivity contribution in [2.24, 2.45) is 5.41 Å². The highest BCUT2D eigenvalue weighted by atomic mass is 16.5. The van der Waals surface area contributed by atoms with E-state index in [1.54, 1.807) is 0 Å². The molecule has 0 saturated heterocycles. The predicted molar refractivity (Wildman–Crippen MR) is 179 cm³/mol. The first-order chi connectivity index (χ1) is 20.0. The van der Waals surface area contributed by atoms with Crippen molar-refractivity contribution in [3.8, 4) is 0 Å². The lowest BCUT2D eigenvalue weighted by Gasteiger charge is -2.52. The molecule has 0 aliphatic rings. The number of ether oxygens (including phenoxy) is 1. The number of hydrogen-bond donors (Lipinski definition) is 3. The van der Waals surface area contributed by atoms with Crippen molar-refractivity contribution in [2.75, 3.05) is 19.8 Å². The van der Waals surface area contributed by atoms with E-state index in [9.17, 15) is 15.3 Å². The van der Waals surface area contributed by atoms with E-state index in [1.165, 1.54) is 103 Å². The molecule has 0 spiro atoms. The summed E-state index contributed by atoms with van der Waals surface area (Å²) < 4.78 is 6.94. The van der Waals surface area contributed by atoms with Crippen LogP contribution in [-0.4, -0.2) is 46.8 Å². The van der Waals surface area contributed by atoms with E-state index in [0.29, 0.717) is 13.0 Å². The number of rotatable bonds is 33. The molecule has 248 valence electrons. The molecule has 0 rings (SSSR count). The highest BCUT2D eigenvalue weighted by Crippen LogP contribution is 2.46. The predicted octanol–water partition coefficient (Wildman–Crippen LogP) is 10.7. The molecule has 0 heterocycles. The van der Waals surface area contributed by atoms with E-state index < -0.39 is 17.1 Å². The first kappa shape index (κ1) is 40.8. The van der Waals surface area contributed by atoms with Crippen LogP contribution in [0.15, 0.2) is 0 Å². The molecule has 0 saturated carbocycles. The zero-order valence-corrected chi connectivity index (χ0v) is 28.5. The Morgan fingerprint density at radius 1 is 0.463 bits per heavy atom. The van der Waals surface area contributed by atoms with Gasteiger partial charge in [0.15, 0.2) is 0 Å². The van der Waals surface area contributed by atoms with Crippen LogP contribution in [0.4, 0.5) is 0 Å². The summed E-state index contributed by atoms with van der Waals surface area (Å²) in [7, 11) is 0. The fourth-order valence-electron chi connectivity index (χ4n) is 6.69. The molecule has 41 heavy (non-hydrogen) atoms. The van der Waals surface area contributed by atoms with E-state index >= 15 is 0 Å². The van der Waals surface area contributed by atoms with Crippen molar-refractivity contribution in [3.63, 3.8) is 0 Å². The fourth-order valence-corrected chi connectivity index (χ4v) is 6.69. The fraction of sp³-hybridized carbons (Fsp3) is 1.00. The van der Waals surface area contributed by atoms with Gasteiger partial charge in [-0.05, 0) is 25.7 Å². The van der Waals surface area contributed by atoms with Gasteiger partial charge in [0.1, 0.15) is 0 Å². The minimum Gasteiger partial charge on any atom is -0.395 e. The topological polar surface area (TPSA) is 69.9 Å². The Morgan fingerprint density at radius 2 is 0.805 bits per heavy atom. The molecular formula is C37H76O4. The lowest BCUT2D eigenvalue weighted by atomic mass is 9.63. The van der Waals surface area contributed by atoms with Gasteiger partial charge >= 0.3 is 0 Å². The third-order valence-electron chi connectivity index (χ3n) is 9.69. The van der Waals surface area contributed by atoms with Gasteiger partial charge in [-0.25, -0.2) is 0 Å². The molecule has 1 unspecified atom stereocenters. The van der Waals surface area contributed by atoms with Gasteiger partial charge in [-0.2, -0.15) is 0 Å². The average molecular weight is 585 g/mol. The van der Waals surface area contributed by atoms with Gasteiger partial charge < -0.3 is 20.1 Å². The molecule has 0 aromatic rings. The summed E-state index contributed by atoms with van der Waals surface area (Å²) in [6.07, 6.45) is 30.1. The number of aliphatic hydroxyl groups excluding tert-OH is 3. The molecule has 3 N–H and O–H groups in total. The summed E-state index contributed by atoms with van der Waals surface area (Å²) >= 11 is 0. The quantitative estimate of drug-likeness (QED) is 0.0671. The highest BCUT2D eigenvalue weighted by Gasteiger charge is 2.55. The minimum absolute atomic E-state index is 0.220. The van der Waals surface area contributed by atoms with Gasteiger partial charge in [0.2, 0.25) is 0 Å². The first-order valence-electron chi connectivity index (χ1n) is 18.6. The van der Waals surface area contributed by atoms with Crippen molar-refractivity contribution in [1.82, 2.24) is 0 Å². The highest BCUT2D eigenvalue weighted by molar-refractivity contribution is 5.04. The van der Waals surface area contributed by atoms with Gasteiger partial charge in [-0.3, -0.25) is 0 Å². The van der Waals surface area contributed by atoms with Gasteiger partial charge in [0.25, 0.3) is 0 Å². The molecule has 0 aliphatic carbocycles. The number of hydrogen-bond acceptors (Lipinski definition) is 4. The standard InChI is InChI=1S/C37H76O4/c1-5-9-13-17-21-25-29-35(40)36(33-38,34-39)37(30-26-22-18-14-10-6-2,31-27-23-19-15-11-7-3)41-32-28-24-20-16-12-8-4/h35,38-40H,5-34H2,1-4H3. The van der Waals surface area contributed by atoms with Crippen LogP contribution in [0, 0.1) is 5.41 Å². The van der Waals surface area contributed by atoms with Crippen LogP contribution in [0.5, 0.6) is 0 Å². The maximum absolute atomic E-state index is 11.7. The smallest absolute Gasteiger partial charge is 0.0807 e. The Balaban J connectivity index is 5.77. The molecule has 0 aromatic carbocycles. The first-order valence-corrected chi connectivity index (χ1v) is 18.6. The van der Waals surface area contributed by atoms with Crippen LogP contribution in [0.1, 0.15) is 201 Å². The number of unbranched alkanes of at least 4 members (excludes halogenated alkanes) is 20. The van der Waals surface area contributed by atoms with E-state index in [1.807, 2.05) is 0 Å². The van der Waals surface area contributed by atoms with E-state index in [4.69, 9.17) is 4.74 Å². The molecule has 4 nitrogen and oxygen atoms in total. The second-order valence-corrected chi connectivity index (χ2v) is 13.2. The van der Waals surface area contributed by atoms with E-state index in [-0.39, 0.29) is 13.2 Å². The van der Waals surface area contributed by atoms with Crippen molar-refractivity contribution < 1.29 is 20.1 Å². The summed E-state index contributed by atoms with van der Waals surface area (Å²) in [5, 5.41) is 33.7. The second-order valence-electron chi connectivity index (χ2n) is 13.2. The maximum Gasteiger partial charge on any atom is 0.0807 e. The summed E-state index contributed by atoms with van der Waals surface area (Å²) in [4.78, 5) is 0. The van der Waals surface area contributed by atoms with E-state index in [0.717, 1.165) is 64.2 Å². The average Bonchev–Trinajstić information content (AvgIpc) is 2.98. The molecule has 0 aliphatic heterocycles. The lowest BCUT2D eigenvalue weighted by molar-refractivity contribution is -0.219. The Bertz CT molecular complexity index is 503. The Hall–Kier alpha value is -0.160. The normalized spacial score (nSPS) is 13.2. The van der Waals surface area contributed by atoms with E-state index in [2.05, 4.69) is 27.7 Å². The summed E-state index contributed by atoms with van der Waals surface area (Å²) in [5.74, 6) is 0. The Morgan fingerprint density at radius 3 is 1.20 bits per heavy atom. The zero-order valence-electron chi connectivity index (χ0n) is 28.5. The molecule has 1 atom stereocenters. The second kappa shape index (κ2) is 28.6. The van der Waals surface area contributed by atoms with Crippen molar-refractivity contribution in [1.29, 1.82) is 0 Å². The third kappa shape index (κ3) is 17.7. The van der Waals surface area contributed by atoms with Gasteiger partial charge in [0, 0.05) is 6.61 Å². The van der Waals surface area contributed by atoms with Crippen LogP contribution in [-0.2, 0) is 4.74 Å². The molecule has 0 bridgehead atoms. The molecule has 4 heteroatoms. The van der Waals surface area contributed by atoms with Crippen molar-refractivity contribution in [2.45, 2.75) is 213 Å². The van der Waals surface area contributed by atoms with Crippen LogP contribution >= 0.6 is 0 Å². The maximum atomic E-state index is 11.7. The van der Waals surface area contributed by atoms with Crippen LogP contribution in [0.2, 0.25) is 0 Å². The largest absolute Gasteiger partial charge is 0.395 e. The lowest BCUT2D eigenvalue weighted by Crippen LogP contribution is -2.61. The van der Waals surface area contributed by atoms with Crippen LogP contribution in [0.25, 0.3) is 0 Å². The van der Waals surface area contributed by atoms with Crippen LogP contribution < -0.4 is 0 Å². The Kier molecular flexibility index (Phi) is 28.5. The summed E-state index contributed by atoms with van der Waals surface area (Å²) in [6, 6.07) is 0. The van der Waals surface area contributed by atoms with Gasteiger partial charge in [0.05, 0.1) is 30.3 Å². The van der Waals surface area contributed by atoms with Gasteiger partial charge in [-0.15, -0.1) is 0 Å². The number of aliphatic hydroxyl groups is 3. The molecule has 0 amide bonds. The molecule has 0 fully saturated rings. The van der Waals surface area contributed by atoms with Gasteiger partial charge in [-0.1, -0.05) is 175 Å². The summed E-state index contributed by atoms with van der Waals surface area (Å²) in [5.41, 5.74) is -1.71. The SMILES string of the molecule is CCCCCCCCOC(CCCCCCCC)(CCCCCCCC)C(CO)(CO)C(O)CCCCCCCC. The minimum atomic E-state index is -1.02. The monoisotopic (exact) mass is 585 g/mol. The molecular weight excluding hydrogens is 508 g/mol. The zero-order chi connectivity index (χ0) is 30.5. The van der Waals surface area contributed by atoms with Crippen LogP contribution in [0.3, 0.4) is 0 Å². The summed E-state index contributed by atoms with van der Waals surface area (Å²) in [6.45, 7) is 9.21. The molecule has 0 aromatic heterocycles. The van der Waals surface area contributed by atoms with Crippen molar-refractivity contribution in [3.05, 3.63) is 0 Å². The third-order valence-corrected chi connectivity index (χ3v) is 9.69. The van der Waals surface area contributed by atoms with Crippen molar-refractivity contribution >= 4 is 0 Å². The molecule has 0 radical (unpaired) electrons. The Labute approximate surface area is 257 Å².